The Kier molecular flexibility index (Phi) is 12.6. The second-order valence-corrected chi connectivity index (χ2v) is 10.7. The number of amides is 3. The van der Waals surface area contributed by atoms with Gasteiger partial charge in [0.25, 0.3) is 0 Å². The lowest BCUT2D eigenvalue weighted by Gasteiger charge is -2.35. The lowest BCUT2D eigenvalue weighted by atomic mass is 9.93. The van der Waals surface area contributed by atoms with Crippen LogP contribution in [0, 0.1) is 13.8 Å². The molecule has 9 heteroatoms. The molecule has 2 unspecified atom stereocenters. The predicted octanol–water partition coefficient (Wildman–Crippen LogP) is 4.56. The van der Waals surface area contributed by atoms with Gasteiger partial charge in [0.2, 0.25) is 11.8 Å². The number of nitrogens with one attached hydrogen (secondary N) is 2. The first-order valence-electron chi connectivity index (χ1n) is 13.8. The van der Waals surface area contributed by atoms with Crippen LogP contribution in [0.4, 0.5) is 4.79 Å². The lowest BCUT2D eigenvalue weighted by molar-refractivity contribution is -0.144. The highest BCUT2D eigenvalue weighted by Gasteiger charge is 2.37. The van der Waals surface area contributed by atoms with Gasteiger partial charge < -0.3 is 25.0 Å². The Bertz CT molecular complexity index is 1190. The molecule has 2 atom stereocenters. The van der Waals surface area contributed by atoms with Crippen molar-refractivity contribution < 1.29 is 28.7 Å². The normalized spacial score (nSPS) is 12.4. The third-order valence-corrected chi connectivity index (χ3v) is 6.19. The molecule has 0 saturated carbocycles. The van der Waals surface area contributed by atoms with Crippen molar-refractivity contribution in [3.8, 4) is 0 Å². The van der Waals surface area contributed by atoms with Crippen molar-refractivity contribution in [2.24, 2.45) is 0 Å². The summed E-state index contributed by atoms with van der Waals surface area (Å²) >= 11 is 0. The van der Waals surface area contributed by atoms with Gasteiger partial charge in [0.15, 0.2) is 0 Å². The highest BCUT2D eigenvalue weighted by molar-refractivity contribution is 5.93. The molecule has 222 valence electrons. The quantitative estimate of drug-likeness (QED) is 0.272. The number of alkyl carbamates (subject to hydrolysis) is 1. The molecule has 41 heavy (non-hydrogen) atoms. The number of hydrogen-bond acceptors (Lipinski definition) is 6. The summed E-state index contributed by atoms with van der Waals surface area (Å²) in [5.74, 6) is -1.37. The second-order valence-electron chi connectivity index (χ2n) is 10.7. The molecule has 0 fully saturated rings. The SMILES string of the molecule is C=CCN(C(=O)C(Cc1ccccc1)NC(=O)OC(C)(C)C)C(C(=O)NCCC(=O)OCC)c1c(C)cccc1C. The number of hydrogen-bond donors (Lipinski definition) is 2. The molecule has 2 rings (SSSR count). The number of aryl methyl sites for hydroxylation is 2. The van der Waals surface area contributed by atoms with Gasteiger partial charge in [-0.3, -0.25) is 14.4 Å². The summed E-state index contributed by atoms with van der Waals surface area (Å²) in [5.41, 5.74) is 2.34. The monoisotopic (exact) mass is 565 g/mol. The number of rotatable bonds is 13. The van der Waals surface area contributed by atoms with Gasteiger partial charge in [-0.1, -0.05) is 54.6 Å². The Morgan fingerprint density at radius 3 is 2.20 bits per heavy atom. The van der Waals surface area contributed by atoms with Crippen molar-refractivity contribution in [2.75, 3.05) is 19.7 Å². The molecular formula is C32H43N3O6. The van der Waals surface area contributed by atoms with Crippen LogP contribution >= 0.6 is 0 Å². The van der Waals surface area contributed by atoms with Crippen LogP contribution in [0.15, 0.2) is 61.2 Å². The van der Waals surface area contributed by atoms with E-state index >= 15 is 0 Å². The van der Waals surface area contributed by atoms with E-state index in [-0.39, 0.29) is 32.5 Å². The van der Waals surface area contributed by atoms with Crippen molar-refractivity contribution in [1.29, 1.82) is 0 Å². The van der Waals surface area contributed by atoms with Gasteiger partial charge in [0.1, 0.15) is 17.7 Å². The fraction of sp³-hybridized carbons (Fsp3) is 0.438. The molecule has 0 radical (unpaired) electrons. The van der Waals surface area contributed by atoms with Crippen molar-refractivity contribution >= 4 is 23.9 Å². The molecule has 0 bridgehead atoms. The number of benzene rings is 2. The van der Waals surface area contributed by atoms with Crippen LogP contribution in [0.25, 0.3) is 0 Å². The van der Waals surface area contributed by atoms with Crippen molar-refractivity contribution in [1.82, 2.24) is 15.5 Å². The van der Waals surface area contributed by atoms with Gasteiger partial charge in [-0.05, 0) is 63.8 Å². The second kappa shape index (κ2) is 15.6. The van der Waals surface area contributed by atoms with Gasteiger partial charge in [-0.15, -0.1) is 6.58 Å². The first kappa shape index (κ1) is 33.1. The molecule has 0 spiro atoms. The van der Waals surface area contributed by atoms with Gasteiger partial charge in [0, 0.05) is 19.5 Å². The zero-order valence-electron chi connectivity index (χ0n) is 25.0. The summed E-state index contributed by atoms with van der Waals surface area (Å²) in [6.07, 6.45) is 0.965. The minimum Gasteiger partial charge on any atom is -0.466 e. The number of ether oxygens (including phenoxy) is 2. The van der Waals surface area contributed by atoms with Crippen LogP contribution in [0.2, 0.25) is 0 Å². The number of carbonyl (C=O) groups is 4. The van der Waals surface area contributed by atoms with Crippen LogP contribution in [-0.2, 0) is 30.3 Å². The van der Waals surface area contributed by atoms with E-state index < -0.39 is 41.6 Å². The van der Waals surface area contributed by atoms with Crippen LogP contribution in [0.3, 0.4) is 0 Å². The highest BCUT2D eigenvalue weighted by Crippen LogP contribution is 2.29. The van der Waals surface area contributed by atoms with Gasteiger partial charge in [0.05, 0.1) is 13.0 Å². The topological polar surface area (TPSA) is 114 Å². The molecule has 3 amide bonds. The summed E-state index contributed by atoms with van der Waals surface area (Å²) in [4.78, 5) is 54.2. The first-order chi connectivity index (χ1) is 19.4. The fourth-order valence-corrected chi connectivity index (χ4v) is 4.47. The smallest absolute Gasteiger partial charge is 0.408 e. The molecule has 0 aliphatic heterocycles. The molecule has 2 N–H and O–H groups in total. The average molecular weight is 566 g/mol. The van der Waals surface area contributed by atoms with E-state index in [1.54, 1.807) is 27.7 Å². The fourth-order valence-electron chi connectivity index (χ4n) is 4.47. The highest BCUT2D eigenvalue weighted by atomic mass is 16.6. The van der Waals surface area contributed by atoms with E-state index in [2.05, 4.69) is 17.2 Å². The third-order valence-electron chi connectivity index (χ3n) is 6.19. The number of esters is 1. The maximum absolute atomic E-state index is 14.3. The third kappa shape index (κ3) is 10.4. The Morgan fingerprint density at radius 1 is 1.00 bits per heavy atom. The van der Waals surface area contributed by atoms with E-state index in [0.717, 1.165) is 16.7 Å². The molecule has 0 aromatic heterocycles. The zero-order chi connectivity index (χ0) is 30.6. The number of carbonyl (C=O) groups excluding carboxylic acids is 4. The molecule has 2 aromatic rings. The standard InChI is InChI=1S/C32H43N3O6/c1-8-20-35(30(38)25(21-24-16-11-10-12-17-24)34-31(39)41-32(5,6)7)28(27-22(3)14-13-15-23(27)4)29(37)33-19-18-26(36)40-9-2/h8,10-17,25,28H,1,9,18-21H2,2-7H3,(H,33,37)(H,34,39). The van der Waals surface area contributed by atoms with Crippen molar-refractivity contribution in [3.05, 3.63) is 83.4 Å². The predicted molar refractivity (Wildman–Crippen MR) is 158 cm³/mol. The molecule has 0 aliphatic rings. The molecule has 9 nitrogen and oxygen atoms in total. The Morgan fingerprint density at radius 2 is 1.63 bits per heavy atom. The van der Waals surface area contributed by atoms with E-state index in [4.69, 9.17) is 9.47 Å². The van der Waals surface area contributed by atoms with Gasteiger partial charge >= 0.3 is 12.1 Å². The number of nitrogens with zero attached hydrogens (tertiary/aromatic N) is 1. The van der Waals surface area contributed by atoms with E-state index in [9.17, 15) is 19.2 Å². The van der Waals surface area contributed by atoms with Gasteiger partial charge in [-0.25, -0.2) is 4.79 Å². The summed E-state index contributed by atoms with van der Waals surface area (Å²) in [5, 5.41) is 5.53. The average Bonchev–Trinajstić information content (AvgIpc) is 2.88. The maximum Gasteiger partial charge on any atom is 0.408 e. The van der Waals surface area contributed by atoms with Crippen LogP contribution < -0.4 is 10.6 Å². The summed E-state index contributed by atoms with van der Waals surface area (Å²) in [6.45, 7) is 14.8. The van der Waals surface area contributed by atoms with Crippen LogP contribution in [0.5, 0.6) is 0 Å². The summed E-state index contributed by atoms with van der Waals surface area (Å²) in [6, 6.07) is 12.8. The molecular weight excluding hydrogens is 522 g/mol. The Hall–Kier alpha value is -4.14. The zero-order valence-corrected chi connectivity index (χ0v) is 25.0. The summed E-state index contributed by atoms with van der Waals surface area (Å²) in [7, 11) is 0. The molecule has 0 saturated heterocycles. The minimum atomic E-state index is -1.05. The Balaban J connectivity index is 2.52. The Labute approximate surface area is 243 Å². The first-order valence-corrected chi connectivity index (χ1v) is 13.8. The van der Waals surface area contributed by atoms with E-state index in [0.29, 0.717) is 5.56 Å². The molecule has 2 aromatic carbocycles. The summed E-state index contributed by atoms with van der Waals surface area (Å²) < 4.78 is 10.4. The lowest BCUT2D eigenvalue weighted by Crippen LogP contribution is -2.54. The molecule has 0 heterocycles. The molecule has 0 aliphatic carbocycles. The van der Waals surface area contributed by atoms with Gasteiger partial charge in [-0.2, -0.15) is 0 Å². The van der Waals surface area contributed by atoms with E-state index in [1.165, 1.54) is 11.0 Å². The van der Waals surface area contributed by atoms with Crippen molar-refractivity contribution in [3.63, 3.8) is 0 Å². The maximum atomic E-state index is 14.3. The minimum absolute atomic E-state index is 0.00864. The largest absolute Gasteiger partial charge is 0.466 e. The van der Waals surface area contributed by atoms with Crippen molar-refractivity contribution in [2.45, 2.75) is 72.1 Å². The van der Waals surface area contributed by atoms with Crippen LogP contribution in [0.1, 0.15) is 62.4 Å². The van der Waals surface area contributed by atoms with E-state index in [1.807, 2.05) is 62.4 Å². The van der Waals surface area contributed by atoms with Crippen LogP contribution in [-0.4, -0.2) is 60.1 Å².